The first-order valence-corrected chi connectivity index (χ1v) is 34.1. The number of nitrogens with one attached hydrogen (secondary N) is 1. The van der Waals surface area contributed by atoms with Crippen LogP contribution in [0.3, 0.4) is 0 Å². The van der Waals surface area contributed by atoms with Crippen LogP contribution in [-0.4, -0.2) is 193 Å². The molecule has 92 heavy (non-hydrogen) atoms. The van der Waals surface area contributed by atoms with E-state index in [0.29, 0.717) is 6.42 Å². The number of amides is 1. The summed E-state index contributed by atoms with van der Waals surface area (Å²) in [5.41, 5.74) is 0. The summed E-state index contributed by atoms with van der Waals surface area (Å²) in [4.78, 5) is 13.3. The molecule has 3 fully saturated rings. The Bertz CT molecular complexity index is 2240. The highest BCUT2D eigenvalue weighted by molar-refractivity contribution is 5.76. The molecule has 3 saturated heterocycles. The van der Waals surface area contributed by atoms with E-state index in [9.17, 15) is 61.0 Å². The molecular formula is C73H117NO18. The Kier molecular flexibility index (Phi) is 47.1. The SMILES string of the molecule is CC/C=C\C/C=C\C/C=C\C/C=C\C/C=C\C/C=C\C/C=C\C/C=C\C/C=C\C/C=C\C/C=C\CCCCCCCCCC(=O)NC(COC1OC(CO)C(OC2OC(CO)C(OC3OC(CO)C(O)C(O)C3O)C(O)C2O)C(O)C1O)C(O)/C=C/CCCCCC. The van der Waals surface area contributed by atoms with Crippen LogP contribution in [-0.2, 0) is 33.2 Å². The van der Waals surface area contributed by atoms with Crippen LogP contribution in [0.4, 0.5) is 0 Å². The van der Waals surface area contributed by atoms with Gasteiger partial charge in [-0.2, -0.15) is 0 Å². The predicted octanol–water partition coefficient (Wildman–Crippen LogP) is 8.76. The number of carbonyl (C=O) groups is 1. The van der Waals surface area contributed by atoms with E-state index < -0.39 is 124 Å². The topological polar surface area (TPSA) is 307 Å². The van der Waals surface area contributed by atoms with Crippen molar-refractivity contribution >= 4 is 5.91 Å². The van der Waals surface area contributed by atoms with Gasteiger partial charge in [-0.05, 0) is 103 Å². The van der Waals surface area contributed by atoms with Gasteiger partial charge >= 0.3 is 0 Å². The molecule has 19 nitrogen and oxygen atoms in total. The van der Waals surface area contributed by atoms with E-state index in [0.717, 1.165) is 148 Å². The Hall–Kier alpha value is -4.33. The van der Waals surface area contributed by atoms with Gasteiger partial charge in [-0.15, -0.1) is 0 Å². The lowest BCUT2D eigenvalue weighted by molar-refractivity contribution is -0.379. The summed E-state index contributed by atoms with van der Waals surface area (Å²) in [6, 6.07) is -0.986. The first-order valence-electron chi connectivity index (χ1n) is 34.1. The number of hydrogen-bond acceptors (Lipinski definition) is 18. The minimum Gasteiger partial charge on any atom is -0.394 e. The molecule has 522 valence electrons. The quantitative estimate of drug-likeness (QED) is 0.0200. The lowest BCUT2D eigenvalue weighted by Gasteiger charge is -2.48. The highest BCUT2D eigenvalue weighted by Gasteiger charge is 2.53. The van der Waals surface area contributed by atoms with E-state index in [1.807, 2.05) is 6.08 Å². The zero-order valence-electron chi connectivity index (χ0n) is 55.0. The van der Waals surface area contributed by atoms with Gasteiger partial charge in [0.15, 0.2) is 18.9 Å². The van der Waals surface area contributed by atoms with Gasteiger partial charge in [0.1, 0.15) is 73.2 Å². The molecule has 0 bridgehead atoms. The van der Waals surface area contributed by atoms with E-state index >= 15 is 0 Å². The molecule has 19 heteroatoms. The fraction of sp³-hybridized carbons (Fsp3) is 0.658. The highest BCUT2D eigenvalue weighted by atomic mass is 16.8. The number of hydrogen-bond donors (Lipinski definition) is 12. The number of carbonyl (C=O) groups excluding carboxylic acids is 1. The number of aliphatic hydroxyl groups is 11. The first-order chi connectivity index (χ1) is 44.8. The third-order valence-electron chi connectivity index (χ3n) is 15.9. The minimum absolute atomic E-state index is 0.219. The predicted molar refractivity (Wildman–Crippen MR) is 359 cm³/mol. The van der Waals surface area contributed by atoms with Crippen LogP contribution < -0.4 is 5.32 Å². The number of ether oxygens (including phenoxy) is 6. The second kappa shape index (κ2) is 52.9. The molecule has 3 aliphatic rings. The van der Waals surface area contributed by atoms with Gasteiger partial charge in [0.25, 0.3) is 0 Å². The molecule has 1 amide bonds. The van der Waals surface area contributed by atoms with Gasteiger partial charge < -0.3 is 89.9 Å². The molecule has 0 spiro atoms. The molecule has 0 saturated carbocycles. The number of allylic oxidation sites excluding steroid dienone is 23. The fourth-order valence-corrected chi connectivity index (χ4v) is 10.4. The van der Waals surface area contributed by atoms with Crippen molar-refractivity contribution in [2.75, 3.05) is 26.4 Å². The second-order valence-corrected chi connectivity index (χ2v) is 23.6. The summed E-state index contributed by atoms with van der Waals surface area (Å²) in [7, 11) is 0. The number of rotatable bonds is 49. The summed E-state index contributed by atoms with van der Waals surface area (Å²) in [5, 5.41) is 120. The molecule has 0 radical (unpaired) electrons. The summed E-state index contributed by atoms with van der Waals surface area (Å²) in [5.74, 6) is -0.301. The smallest absolute Gasteiger partial charge is 0.220 e. The average molecular weight is 1300 g/mol. The van der Waals surface area contributed by atoms with Gasteiger partial charge in [-0.1, -0.05) is 211 Å². The zero-order valence-corrected chi connectivity index (χ0v) is 55.0. The van der Waals surface area contributed by atoms with Crippen molar-refractivity contribution < 1.29 is 89.4 Å². The van der Waals surface area contributed by atoms with Gasteiger partial charge in [-0.3, -0.25) is 4.79 Å². The molecule has 0 aromatic carbocycles. The normalized spacial score (nSPS) is 28.6. The van der Waals surface area contributed by atoms with Crippen molar-refractivity contribution in [2.24, 2.45) is 0 Å². The van der Waals surface area contributed by atoms with Crippen LogP contribution >= 0.6 is 0 Å². The van der Waals surface area contributed by atoms with Crippen LogP contribution in [0, 0.1) is 0 Å². The maximum absolute atomic E-state index is 13.3. The Morgan fingerprint density at radius 1 is 0.402 bits per heavy atom. The molecule has 3 heterocycles. The Morgan fingerprint density at radius 2 is 0.750 bits per heavy atom. The Morgan fingerprint density at radius 3 is 1.17 bits per heavy atom. The van der Waals surface area contributed by atoms with E-state index in [1.54, 1.807) is 6.08 Å². The largest absolute Gasteiger partial charge is 0.394 e. The lowest BCUT2D eigenvalue weighted by Crippen LogP contribution is -2.66. The lowest BCUT2D eigenvalue weighted by atomic mass is 9.96. The van der Waals surface area contributed by atoms with Crippen LogP contribution in [0.25, 0.3) is 0 Å². The van der Waals surface area contributed by atoms with Gasteiger partial charge in [0.2, 0.25) is 5.91 Å². The third kappa shape index (κ3) is 34.4. The maximum Gasteiger partial charge on any atom is 0.220 e. The molecular weight excluding hydrogens is 1180 g/mol. The standard InChI is InChI=1S/C73H117NO18/c1-3-5-7-9-11-12-13-14-15-16-17-18-19-20-21-22-23-24-25-26-27-28-29-30-31-32-33-34-35-36-37-38-39-40-41-42-43-44-45-47-49-51-61(79)74-56(57(78)50-48-46-10-8-6-4-2)55-87-71-67(85)64(82)69(59(53-76)89-71)92-73-68(86)65(83)70(60(54-77)90-73)91-72-66(84)63(81)62(80)58(52-75)88-72/h5,7,11-12,14-15,17-18,20-21,23-24,26-27,29-30,32-33,35-36,38-39,48,50,56-60,62-73,75-78,80-86H,3-4,6,8-10,13,16,19,22,25,28,31,34,37,40-47,49,51-55H2,1-2H3,(H,74,79)/b7-5-,12-11-,15-14-,18-17-,21-20-,24-23-,27-26-,30-29-,33-32-,36-35-,39-38-,50-48+. The Balaban J connectivity index is 1.28. The van der Waals surface area contributed by atoms with E-state index in [-0.39, 0.29) is 18.9 Å². The monoisotopic (exact) mass is 1300 g/mol. The average Bonchev–Trinajstić information content (AvgIpc) is 0.817. The summed E-state index contributed by atoms with van der Waals surface area (Å²) >= 11 is 0. The van der Waals surface area contributed by atoms with Crippen LogP contribution in [0.1, 0.15) is 174 Å². The molecule has 12 N–H and O–H groups in total. The van der Waals surface area contributed by atoms with Crippen molar-refractivity contribution in [1.29, 1.82) is 0 Å². The van der Waals surface area contributed by atoms with E-state index in [2.05, 4.69) is 153 Å². The van der Waals surface area contributed by atoms with Crippen molar-refractivity contribution in [3.05, 3.63) is 146 Å². The summed E-state index contributed by atoms with van der Waals surface area (Å²) in [6.07, 6.45) is 49.1. The van der Waals surface area contributed by atoms with Gasteiger partial charge in [0.05, 0.1) is 38.6 Å². The minimum atomic E-state index is -1.98. The van der Waals surface area contributed by atoms with Crippen LogP contribution in [0.15, 0.2) is 146 Å². The molecule has 0 aromatic rings. The third-order valence-corrected chi connectivity index (χ3v) is 15.9. The molecule has 3 rings (SSSR count). The van der Waals surface area contributed by atoms with Crippen LogP contribution in [0.5, 0.6) is 0 Å². The van der Waals surface area contributed by atoms with E-state index in [1.165, 1.54) is 0 Å². The molecule has 0 aliphatic carbocycles. The van der Waals surface area contributed by atoms with Crippen molar-refractivity contribution in [3.63, 3.8) is 0 Å². The summed E-state index contributed by atoms with van der Waals surface area (Å²) in [6.45, 7) is 1.46. The molecule has 3 aliphatic heterocycles. The molecule has 0 aromatic heterocycles. The van der Waals surface area contributed by atoms with Gasteiger partial charge in [0, 0.05) is 6.42 Å². The maximum atomic E-state index is 13.3. The molecule has 17 atom stereocenters. The molecule has 17 unspecified atom stereocenters. The zero-order chi connectivity index (χ0) is 66.8. The first kappa shape index (κ1) is 81.9. The summed E-state index contributed by atoms with van der Waals surface area (Å²) < 4.78 is 34.1. The van der Waals surface area contributed by atoms with Crippen molar-refractivity contribution in [3.8, 4) is 0 Å². The van der Waals surface area contributed by atoms with Gasteiger partial charge in [-0.25, -0.2) is 0 Å². The van der Waals surface area contributed by atoms with E-state index in [4.69, 9.17) is 28.4 Å². The highest BCUT2D eigenvalue weighted by Crippen LogP contribution is 2.33. The fourth-order valence-electron chi connectivity index (χ4n) is 10.4. The number of aliphatic hydroxyl groups excluding tert-OH is 11. The van der Waals surface area contributed by atoms with Crippen molar-refractivity contribution in [2.45, 2.75) is 279 Å². The second-order valence-electron chi connectivity index (χ2n) is 23.6. The van der Waals surface area contributed by atoms with Crippen molar-refractivity contribution in [1.82, 2.24) is 5.32 Å². The van der Waals surface area contributed by atoms with Crippen LogP contribution in [0.2, 0.25) is 0 Å². The number of unbranched alkanes of at least 4 members (excludes halogenated alkanes) is 11. The Labute approximate surface area is 549 Å².